The summed E-state index contributed by atoms with van der Waals surface area (Å²) in [6.07, 6.45) is -4.08. The van der Waals surface area contributed by atoms with Crippen LogP contribution in [0, 0.1) is 0 Å². The minimum absolute atomic E-state index is 0.00700. The Hall–Kier alpha value is -3.60. The molecule has 1 aliphatic carbocycles. The third kappa shape index (κ3) is 4.49. The van der Waals surface area contributed by atoms with Gasteiger partial charge in [-0.1, -0.05) is 32.1 Å². The van der Waals surface area contributed by atoms with Crippen LogP contribution in [0.2, 0.25) is 0 Å². The number of amides is 1. The summed E-state index contributed by atoms with van der Waals surface area (Å²) in [6.45, 7) is 4.68. The average molecular weight is 462 g/mol. The van der Waals surface area contributed by atoms with Crippen LogP contribution in [0.1, 0.15) is 25.8 Å². The maximum absolute atomic E-state index is 12.9. The summed E-state index contributed by atoms with van der Waals surface area (Å²) in [6, 6.07) is 7.40. The van der Waals surface area contributed by atoms with Gasteiger partial charge in [0, 0.05) is 30.3 Å². The zero-order valence-corrected chi connectivity index (χ0v) is 17.7. The minimum Gasteiger partial charge on any atom is -0.429 e. The lowest BCUT2D eigenvalue weighted by atomic mass is 9.97. The molecule has 0 saturated carbocycles. The first kappa shape index (κ1) is 22.6. The molecule has 4 rings (SSSR count). The molecule has 1 aromatic carbocycles. The predicted molar refractivity (Wildman–Crippen MR) is 111 cm³/mol. The Labute approximate surface area is 187 Å². The number of anilines is 1. The Balaban J connectivity index is 1.69. The minimum atomic E-state index is -5.22. The molecule has 3 aliphatic rings. The Morgan fingerprint density at radius 2 is 1.94 bits per heavy atom. The van der Waals surface area contributed by atoms with E-state index >= 15 is 0 Å². The van der Waals surface area contributed by atoms with E-state index < -0.39 is 24.3 Å². The number of ketones is 1. The second-order valence-corrected chi connectivity index (χ2v) is 8.03. The van der Waals surface area contributed by atoms with E-state index in [2.05, 4.69) is 16.1 Å². The van der Waals surface area contributed by atoms with Gasteiger partial charge in [0.2, 0.25) is 6.23 Å². The number of allylic oxidation sites excluding steroid dienone is 3. The number of carbonyl (C=O) groups excluding carboxylic acids is 3. The molecule has 1 saturated heterocycles. The number of ether oxygens (including phenoxy) is 1. The fourth-order valence-electron chi connectivity index (χ4n) is 3.67. The highest BCUT2D eigenvalue weighted by Crippen LogP contribution is 2.43. The number of nitrogens with one attached hydrogen (secondary N) is 3. The molecule has 2 bridgehead atoms. The highest BCUT2D eigenvalue weighted by molar-refractivity contribution is 6.03. The number of carbonyl (C=O) groups is 3. The van der Waals surface area contributed by atoms with Gasteiger partial charge in [-0.15, -0.1) is 0 Å². The summed E-state index contributed by atoms with van der Waals surface area (Å²) >= 11 is 0. The first-order chi connectivity index (χ1) is 15.5. The topological polar surface area (TPSA) is 99.8 Å². The number of alkyl halides is 3. The van der Waals surface area contributed by atoms with Gasteiger partial charge >= 0.3 is 12.1 Å². The molecule has 0 aromatic heterocycles. The Kier molecular flexibility index (Phi) is 5.75. The molecule has 1 fully saturated rings. The second kappa shape index (κ2) is 8.39. The van der Waals surface area contributed by atoms with Gasteiger partial charge < -0.3 is 15.4 Å². The predicted octanol–water partition coefficient (Wildman–Crippen LogP) is 2.43. The lowest BCUT2D eigenvalue weighted by Gasteiger charge is -2.32. The molecule has 33 heavy (non-hydrogen) atoms. The van der Waals surface area contributed by atoms with E-state index in [1.807, 2.05) is 26.0 Å². The summed E-state index contributed by atoms with van der Waals surface area (Å²) in [5.74, 6) is -3.33. The quantitative estimate of drug-likeness (QED) is 0.559. The maximum atomic E-state index is 12.9. The van der Waals surface area contributed by atoms with Gasteiger partial charge in [0.15, 0.2) is 5.78 Å². The fraction of sp³-hybridized carbons (Fsp3) is 0.318. The number of hydrogen-bond donors (Lipinski definition) is 3. The van der Waals surface area contributed by atoms with Crippen molar-refractivity contribution in [1.29, 1.82) is 0 Å². The van der Waals surface area contributed by atoms with Crippen LogP contribution in [-0.2, 0) is 25.7 Å². The number of hydrogen-bond acceptors (Lipinski definition) is 7. The first-order valence-electron chi connectivity index (χ1n) is 10.2. The molecule has 174 valence electrons. The molecule has 1 aromatic rings. The van der Waals surface area contributed by atoms with Crippen molar-refractivity contribution in [2.75, 3.05) is 5.32 Å². The van der Waals surface area contributed by atoms with Gasteiger partial charge in [0.25, 0.3) is 5.91 Å². The molecule has 1 amide bonds. The molecular weight excluding hydrogens is 441 g/mol. The van der Waals surface area contributed by atoms with E-state index in [0.29, 0.717) is 24.0 Å². The van der Waals surface area contributed by atoms with Gasteiger partial charge in [0.05, 0.1) is 11.3 Å². The van der Waals surface area contributed by atoms with Gasteiger partial charge in [-0.25, -0.2) is 9.80 Å². The van der Waals surface area contributed by atoms with Gasteiger partial charge in [0.1, 0.15) is 5.70 Å². The lowest BCUT2D eigenvalue weighted by Crippen LogP contribution is -2.52. The standard InChI is InChI=1S/C22H21F3N4O4/c1-11(2)26-10-12-3-5-13(6-4-12)27-18-17-15-9-14(30)7-8-16(15)29(28-19(18)31)20(17)33-21(32)22(23,24)25/h3-6,8-9,11,20,26-27H,7,10H2,1-2H3,(H,28,31). The van der Waals surface area contributed by atoms with Crippen LogP contribution in [0.4, 0.5) is 18.9 Å². The van der Waals surface area contributed by atoms with Crippen LogP contribution in [0.25, 0.3) is 0 Å². The number of nitrogens with zero attached hydrogens (tertiary/aromatic N) is 1. The number of hydrazine groups is 1. The van der Waals surface area contributed by atoms with Crippen molar-refractivity contribution in [3.63, 3.8) is 0 Å². The van der Waals surface area contributed by atoms with Crippen LogP contribution in [0.5, 0.6) is 0 Å². The fourth-order valence-corrected chi connectivity index (χ4v) is 3.67. The van der Waals surface area contributed by atoms with E-state index in [4.69, 9.17) is 4.74 Å². The van der Waals surface area contributed by atoms with E-state index in [0.717, 1.165) is 10.6 Å². The monoisotopic (exact) mass is 462 g/mol. The van der Waals surface area contributed by atoms with Crippen molar-refractivity contribution < 1.29 is 32.3 Å². The normalized spacial score (nSPS) is 19.8. The first-order valence-corrected chi connectivity index (χ1v) is 10.2. The number of esters is 1. The highest BCUT2D eigenvalue weighted by Gasteiger charge is 2.51. The summed E-state index contributed by atoms with van der Waals surface area (Å²) in [5.41, 5.74) is 4.34. The molecule has 0 spiro atoms. The summed E-state index contributed by atoms with van der Waals surface area (Å²) < 4.78 is 43.4. The highest BCUT2D eigenvalue weighted by atomic mass is 19.4. The van der Waals surface area contributed by atoms with Gasteiger partial charge in [-0.05, 0) is 23.8 Å². The molecule has 8 nitrogen and oxygen atoms in total. The third-order valence-electron chi connectivity index (χ3n) is 5.22. The van der Waals surface area contributed by atoms with Gasteiger partial charge in [-0.2, -0.15) is 13.2 Å². The van der Waals surface area contributed by atoms with Crippen molar-refractivity contribution in [3.8, 4) is 0 Å². The average Bonchev–Trinajstić information content (AvgIpc) is 2.95. The SMILES string of the molecule is CC(C)NCc1ccc(NC2=C3C4=CC(=O)CC=C4N(NC2=O)C3OC(=O)C(F)(F)F)cc1. The second-order valence-electron chi connectivity index (χ2n) is 8.03. The molecule has 1 atom stereocenters. The van der Waals surface area contributed by atoms with Crippen LogP contribution in [0.15, 0.2) is 59.0 Å². The van der Waals surface area contributed by atoms with Crippen molar-refractivity contribution in [2.45, 2.75) is 45.3 Å². The summed E-state index contributed by atoms with van der Waals surface area (Å²) in [7, 11) is 0. The Morgan fingerprint density at radius 1 is 1.24 bits per heavy atom. The van der Waals surface area contributed by atoms with E-state index in [1.165, 1.54) is 12.2 Å². The molecule has 2 heterocycles. The molecule has 11 heteroatoms. The Morgan fingerprint density at radius 3 is 2.58 bits per heavy atom. The van der Waals surface area contributed by atoms with Crippen molar-refractivity contribution >= 4 is 23.3 Å². The molecule has 0 radical (unpaired) electrons. The molecule has 3 N–H and O–H groups in total. The lowest BCUT2D eigenvalue weighted by molar-refractivity contribution is -0.209. The largest absolute Gasteiger partial charge is 0.491 e. The third-order valence-corrected chi connectivity index (χ3v) is 5.22. The van der Waals surface area contributed by atoms with Crippen molar-refractivity contribution in [3.05, 3.63) is 64.5 Å². The summed E-state index contributed by atoms with van der Waals surface area (Å²) in [4.78, 5) is 36.3. The van der Waals surface area contributed by atoms with Crippen molar-refractivity contribution in [2.24, 2.45) is 0 Å². The van der Waals surface area contributed by atoms with Crippen molar-refractivity contribution in [1.82, 2.24) is 15.8 Å². The smallest absolute Gasteiger partial charge is 0.429 e. The molecule has 1 unspecified atom stereocenters. The number of halogens is 3. The molecule has 2 aliphatic heterocycles. The van der Waals surface area contributed by atoms with E-state index in [9.17, 15) is 27.6 Å². The van der Waals surface area contributed by atoms with Gasteiger partial charge in [-0.3, -0.25) is 15.0 Å². The summed E-state index contributed by atoms with van der Waals surface area (Å²) in [5, 5.41) is 7.22. The van der Waals surface area contributed by atoms with Crippen LogP contribution in [0.3, 0.4) is 0 Å². The zero-order valence-electron chi connectivity index (χ0n) is 17.7. The van der Waals surface area contributed by atoms with Crippen LogP contribution in [-0.4, -0.2) is 41.1 Å². The van der Waals surface area contributed by atoms with Crippen LogP contribution >= 0.6 is 0 Å². The Bertz CT molecular complexity index is 1100. The maximum Gasteiger partial charge on any atom is 0.491 e. The number of benzene rings is 1. The molecular formula is C22H21F3N4O4. The van der Waals surface area contributed by atoms with E-state index in [1.54, 1.807) is 12.1 Å². The number of fused-ring (bicyclic) bond motifs is 5. The zero-order chi connectivity index (χ0) is 23.9. The van der Waals surface area contributed by atoms with Crippen LogP contribution < -0.4 is 16.1 Å². The number of rotatable bonds is 6. The van der Waals surface area contributed by atoms with E-state index in [-0.39, 0.29) is 29.0 Å².